The summed E-state index contributed by atoms with van der Waals surface area (Å²) < 4.78 is 7.55. The van der Waals surface area contributed by atoms with Gasteiger partial charge in [-0.25, -0.2) is 0 Å². The van der Waals surface area contributed by atoms with Gasteiger partial charge >= 0.3 is 0 Å². The molecule has 72 valence electrons. The number of hydrogen-bond acceptors (Lipinski definition) is 5. The van der Waals surface area contributed by atoms with Crippen molar-refractivity contribution in [2.24, 2.45) is 0 Å². The Morgan fingerprint density at radius 3 is 3.00 bits per heavy atom. The van der Waals surface area contributed by atoms with Crippen molar-refractivity contribution in [2.75, 3.05) is 5.32 Å². The molecule has 0 spiro atoms. The van der Waals surface area contributed by atoms with Gasteiger partial charge in [-0.15, -0.1) is 0 Å². The number of aryl methyl sites for hydroxylation is 1. The van der Waals surface area contributed by atoms with Crippen LogP contribution in [0, 0.1) is 6.92 Å². The normalized spacial score (nSPS) is 10.1. The Labute approximate surface area is 83.7 Å². The minimum atomic E-state index is -0.286. The second-order valence-electron chi connectivity index (χ2n) is 2.67. The van der Waals surface area contributed by atoms with Gasteiger partial charge in [0.25, 0.3) is 5.91 Å². The average Bonchev–Trinajstić information content (AvgIpc) is 2.77. The zero-order valence-corrected chi connectivity index (χ0v) is 8.13. The smallest absolute Gasteiger partial charge is 0.278 e. The van der Waals surface area contributed by atoms with Crippen molar-refractivity contribution in [3.8, 4) is 0 Å². The van der Waals surface area contributed by atoms with Crippen molar-refractivity contribution in [3.05, 3.63) is 23.7 Å². The maximum Gasteiger partial charge on any atom is 0.278 e. The molecular formula is C7H7N5OS. The van der Waals surface area contributed by atoms with Crippen molar-refractivity contribution in [1.82, 2.24) is 18.9 Å². The Hall–Kier alpha value is -1.76. The zero-order valence-electron chi connectivity index (χ0n) is 7.31. The predicted octanol–water partition coefficient (Wildman–Crippen LogP) is 0.822. The van der Waals surface area contributed by atoms with E-state index in [1.54, 1.807) is 6.20 Å². The third kappa shape index (κ3) is 1.62. The molecule has 0 unspecified atom stereocenters. The minimum Gasteiger partial charge on any atom is -0.305 e. The van der Waals surface area contributed by atoms with Gasteiger partial charge in [-0.2, -0.15) is 13.8 Å². The first-order valence-electron chi connectivity index (χ1n) is 3.86. The molecule has 6 nitrogen and oxygen atoms in total. The van der Waals surface area contributed by atoms with Gasteiger partial charge in [0.2, 0.25) is 0 Å². The SMILES string of the molecule is Cc1cn[nH]c1NC(=O)c1cnsn1. The lowest BCUT2D eigenvalue weighted by Gasteiger charge is -1.99. The fraction of sp³-hybridized carbons (Fsp3) is 0.143. The quantitative estimate of drug-likeness (QED) is 0.767. The minimum absolute atomic E-state index is 0.286. The molecular weight excluding hydrogens is 202 g/mol. The molecule has 14 heavy (non-hydrogen) atoms. The van der Waals surface area contributed by atoms with Crippen LogP contribution in [0.5, 0.6) is 0 Å². The molecule has 0 saturated carbocycles. The number of anilines is 1. The average molecular weight is 209 g/mol. The summed E-state index contributed by atoms with van der Waals surface area (Å²) >= 11 is 0.998. The highest BCUT2D eigenvalue weighted by Gasteiger charge is 2.10. The van der Waals surface area contributed by atoms with Gasteiger partial charge in [0, 0.05) is 5.56 Å². The summed E-state index contributed by atoms with van der Waals surface area (Å²) in [6.07, 6.45) is 3.06. The lowest BCUT2D eigenvalue weighted by atomic mass is 10.3. The van der Waals surface area contributed by atoms with Crippen LogP contribution in [0.2, 0.25) is 0 Å². The first kappa shape index (κ1) is 8.82. The van der Waals surface area contributed by atoms with Crippen molar-refractivity contribution in [3.63, 3.8) is 0 Å². The lowest BCUT2D eigenvalue weighted by Crippen LogP contribution is -2.13. The van der Waals surface area contributed by atoms with E-state index in [1.807, 2.05) is 6.92 Å². The predicted molar refractivity (Wildman–Crippen MR) is 51.2 cm³/mol. The van der Waals surface area contributed by atoms with E-state index in [0.717, 1.165) is 17.3 Å². The van der Waals surface area contributed by atoms with Gasteiger partial charge in [0.05, 0.1) is 24.1 Å². The van der Waals surface area contributed by atoms with E-state index in [4.69, 9.17) is 0 Å². The summed E-state index contributed by atoms with van der Waals surface area (Å²) in [7, 11) is 0. The number of carbonyl (C=O) groups excluding carboxylic acids is 1. The number of hydrogen-bond donors (Lipinski definition) is 2. The molecule has 0 saturated heterocycles. The first-order valence-corrected chi connectivity index (χ1v) is 4.59. The summed E-state index contributed by atoms with van der Waals surface area (Å²) in [6, 6.07) is 0. The molecule has 0 aliphatic carbocycles. The fourth-order valence-electron chi connectivity index (χ4n) is 0.915. The van der Waals surface area contributed by atoms with E-state index in [2.05, 4.69) is 24.3 Å². The summed E-state index contributed by atoms with van der Waals surface area (Å²) in [6.45, 7) is 1.85. The third-order valence-corrected chi connectivity index (χ3v) is 2.14. The van der Waals surface area contributed by atoms with Crippen molar-refractivity contribution in [2.45, 2.75) is 6.92 Å². The molecule has 2 N–H and O–H groups in total. The summed E-state index contributed by atoms with van der Waals surface area (Å²) in [5.74, 6) is 0.300. The molecule has 2 aromatic rings. The maximum absolute atomic E-state index is 11.5. The Kier molecular flexibility index (Phi) is 2.23. The lowest BCUT2D eigenvalue weighted by molar-refractivity contribution is 0.102. The number of aromatic amines is 1. The standard InChI is InChI=1S/C7H7N5OS/c1-4-2-8-11-6(4)10-7(13)5-3-9-14-12-5/h2-3H,1H3,(H2,8,10,11,13). The Morgan fingerprint density at radius 2 is 2.43 bits per heavy atom. The van der Waals surface area contributed by atoms with Crippen LogP contribution in [-0.2, 0) is 0 Å². The molecule has 2 heterocycles. The second kappa shape index (κ2) is 3.54. The van der Waals surface area contributed by atoms with E-state index < -0.39 is 0 Å². The topological polar surface area (TPSA) is 83.6 Å². The fourth-order valence-corrected chi connectivity index (χ4v) is 1.33. The summed E-state index contributed by atoms with van der Waals surface area (Å²) in [4.78, 5) is 11.5. The van der Waals surface area contributed by atoms with Crippen LogP contribution in [0.4, 0.5) is 5.82 Å². The van der Waals surface area contributed by atoms with Crippen molar-refractivity contribution >= 4 is 23.5 Å². The molecule has 0 aliphatic heterocycles. The van der Waals surface area contributed by atoms with Crippen LogP contribution in [0.25, 0.3) is 0 Å². The number of amides is 1. The largest absolute Gasteiger partial charge is 0.305 e. The Balaban J connectivity index is 2.13. The van der Waals surface area contributed by atoms with Crippen LogP contribution in [0.1, 0.15) is 16.1 Å². The third-order valence-electron chi connectivity index (χ3n) is 1.66. The number of nitrogens with zero attached hydrogens (tertiary/aromatic N) is 3. The highest BCUT2D eigenvalue weighted by Crippen LogP contribution is 2.09. The summed E-state index contributed by atoms with van der Waals surface area (Å²) in [5, 5.41) is 9.09. The Morgan fingerprint density at radius 1 is 1.57 bits per heavy atom. The molecule has 0 aromatic carbocycles. The molecule has 2 aromatic heterocycles. The van der Waals surface area contributed by atoms with E-state index in [9.17, 15) is 4.79 Å². The summed E-state index contributed by atoms with van der Waals surface area (Å²) in [5.41, 5.74) is 1.19. The van der Waals surface area contributed by atoms with Crippen molar-refractivity contribution in [1.29, 1.82) is 0 Å². The van der Waals surface area contributed by atoms with E-state index >= 15 is 0 Å². The Bertz CT molecular complexity index is 435. The molecule has 0 atom stereocenters. The number of nitrogens with one attached hydrogen (secondary N) is 2. The molecule has 0 radical (unpaired) electrons. The highest BCUT2D eigenvalue weighted by atomic mass is 32.1. The van der Waals surface area contributed by atoms with Gasteiger partial charge in [-0.1, -0.05) is 0 Å². The second-order valence-corrected chi connectivity index (χ2v) is 3.23. The van der Waals surface area contributed by atoms with E-state index in [-0.39, 0.29) is 5.91 Å². The van der Waals surface area contributed by atoms with Crippen LogP contribution in [-0.4, -0.2) is 24.9 Å². The van der Waals surface area contributed by atoms with Crippen LogP contribution in [0.15, 0.2) is 12.4 Å². The van der Waals surface area contributed by atoms with E-state index in [0.29, 0.717) is 11.5 Å². The van der Waals surface area contributed by atoms with Crippen molar-refractivity contribution < 1.29 is 4.79 Å². The first-order chi connectivity index (χ1) is 6.77. The van der Waals surface area contributed by atoms with Gasteiger partial charge in [0.1, 0.15) is 5.82 Å². The molecule has 0 fully saturated rings. The molecule has 2 rings (SSSR count). The van der Waals surface area contributed by atoms with E-state index in [1.165, 1.54) is 6.20 Å². The number of carbonyl (C=O) groups is 1. The zero-order chi connectivity index (χ0) is 9.97. The number of aromatic nitrogens is 4. The monoisotopic (exact) mass is 209 g/mol. The highest BCUT2D eigenvalue weighted by molar-refractivity contribution is 6.99. The molecule has 1 amide bonds. The molecule has 0 bridgehead atoms. The van der Waals surface area contributed by atoms with Crippen LogP contribution < -0.4 is 5.32 Å². The van der Waals surface area contributed by atoms with Gasteiger partial charge in [-0.05, 0) is 6.92 Å². The maximum atomic E-state index is 11.5. The molecule has 7 heteroatoms. The molecule has 0 aliphatic rings. The van der Waals surface area contributed by atoms with Gasteiger partial charge in [-0.3, -0.25) is 9.89 Å². The number of rotatable bonds is 2. The van der Waals surface area contributed by atoms with Crippen LogP contribution in [0.3, 0.4) is 0 Å². The number of H-pyrrole nitrogens is 1. The van der Waals surface area contributed by atoms with Gasteiger partial charge in [0.15, 0.2) is 5.69 Å². The van der Waals surface area contributed by atoms with Gasteiger partial charge < -0.3 is 5.32 Å². The van der Waals surface area contributed by atoms with Crippen LogP contribution >= 0.6 is 11.7 Å².